The van der Waals surface area contributed by atoms with E-state index < -0.39 is 5.82 Å². The van der Waals surface area contributed by atoms with Crippen LogP contribution in [0.15, 0.2) is 36.4 Å². The number of fused-ring (bicyclic) bond motifs is 1. The van der Waals surface area contributed by atoms with Crippen molar-refractivity contribution in [2.75, 3.05) is 13.7 Å². The molecule has 4 nitrogen and oxygen atoms in total. The number of rotatable bonds is 4. The average molecular weight is 327 g/mol. The molecule has 0 unspecified atom stereocenters. The van der Waals surface area contributed by atoms with Gasteiger partial charge in [0.15, 0.2) is 17.3 Å². The summed E-state index contributed by atoms with van der Waals surface area (Å²) in [4.78, 5) is 4.44. The van der Waals surface area contributed by atoms with Gasteiger partial charge in [-0.2, -0.15) is 0 Å². The van der Waals surface area contributed by atoms with Gasteiger partial charge in [-0.25, -0.2) is 9.37 Å². The summed E-state index contributed by atoms with van der Waals surface area (Å²) in [7, 11) is 1.50. The minimum atomic E-state index is -0.432. The van der Waals surface area contributed by atoms with Crippen molar-refractivity contribution in [3.8, 4) is 28.5 Å². The molecule has 0 fully saturated rings. The minimum absolute atomic E-state index is 0.0639. The fraction of sp³-hybridized carbons (Fsp3) is 0.211. The summed E-state index contributed by atoms with van der Waals surface area (Å²) in [6.45, 7) is 4.18. The van der Waals surface area contributed by atoms with Gasteiger partial charge in [0.2, 0.25) is 0 Å². The number of phenols is 1. The normalized spacial score (nSPS) is 10.8. The highest BCUT2D eigenvalue weighted by molar-refractivity contribution is 5.87. The first-order valence-corrected chi connectivity index (χ1v) is 7.64. The molecule has 124 valence electrons. The van der Waals surface area contributed by atoms with Crippen molar-refractivity contribution >= 4 is 10.9 Å². The molecular formula is C19H18FNO3. The monoisotopic (exact) mass is 327 g/mol. The standard InChI is InChI=1S/C19H18FNO3/c1-4-24-18-8-12(5-6-17(18)22)16-7-11(2)14-9-13(23-3)10-15(20)19(14)21-16/h5-10,22H,4H2,1-3H3. The van der Waals surface area contributed by atoms with Gasteiger partial charge in [0.25, 0.3) is 0 Å². The van der Waals surface area contributed by atoms with Gasteiger partial charge in [-0.1, -0.05) is 0 Å². The third-order valence-corrected chi connectivity index (χ3v) is 3.84. The van der Waals surface area contributed by atoms with Crippen LogP contribution in [0.2, 0.25) is 0 Å². The number of ether oxygens (including phenoxy) is 2. The molecule has 0 saturated carbocycles. The molecule has 0 aliphatic rings. The Morgan fingerprint density at radius 2 is 1.96 bits per heavy atom. The van der Waals surface area contributed by atoms with E-state index in [0.29, 0.717) is 29.2 Å². The number of halogens is 1. The van der Waals surface area contributed by atoms with Crippen LogP contribution in [0.1, 0.15) is 12.5 Å². The molecule has 0 saturated heterocycles. The molecule has 0 radical (unpaired) electrons. The quantitative estimate of drug-likeness (QED) is 0.768. The number of nitrogens with zero attached hydrogens (tertiary/aromatic N) is 1. The fourth-order valence-corrected chi connectivity index (χ4v) is 2.63. The maximum atomic E-state index is 14.4. The molecule has 0 aliphatic heterocycles. The molecule has 24 heavy (non-hydrogen) atoms. The largest absolute Gasteiger partial charge is 0.504 e. The number of pyridine rings is 1. The van der Waals surface area contributed by atoms with Gasteiger partial charge in [-0.15, -0.1) is 0 Å². The van der Waals surface area contributed by atoms with E-state index in [1.165, 1.54) is 13.2 Å². The molecule has 1 aromatic heterocycles. The van der Waals surface area contributed by atoms with E-state index >= 15 is 0 Å². The van der Waals surface area contributed by atoms with Gasteiger partial charge in [-0.05, 0) is 49.7 Å². The predicted molar refractivity (Wildman–Crippen MR) is 91.3 cm³/mol. The first-order chi connectivity index (χ1) is 11.5. The van der Waals surface area contributed by atoms with Gasteiger partial charge in [0, 0.05) is 17.0 Å². The molecule has 3 aromatic rings. The number of methoxy groups -OCH3 is 1. The summed E-state index contributed by atoms with van der Waals surface area (Å²) >= 11 is 0. The highest BCUT2D eigenvalue weighted by Gasteiger charge is 2.12. The number of aromatic hydroxyl groups is 1. The Labute approximate surface area is 139 Å². The Morgan fingerprint density at radius 1 is 1.17 bits per heavy atom. The van der Waals surface area contributed by atoms with Crippen molar-refractivity contribution < 1.29 is 19.0 Å². The van der Waals surface area contributed by atoms with Crippen molar-refractivity contribution in [2.45, 2.75) is 13.8 Å². The number of aryl methyl sites for hydroxylation is 1. The number of aromatic nitrogens is 1. The SMILES string of the molecule is CCOc1cc(-c2cc(C)c3cc(OC)cc(F)c3n2)ccc1O. The molecule has 1 heterocycles. The van der Waals surface area contributed by atoms with Crippen molar-refractivity contribution in [3.63, 3.8) is 0 Å². The molecule has 0 amide bonds. The van der Waals surface area contributed by atoms with Crippen molar-refractivity contribution in [2.24, 2.45) is 0 Å². The number of hydrogen-bond donors (Lipinski definition) is 1. The van der Waals surface area contributed by atoms with Crippen molar-refractivity contribution in [1.82, 2.24) is 4.98 Å². The zero-order chi connectivity index (χ0) is 17.3. The summed E-state index contributed by atoms with van der Waals surface area (Å²) in [6, 6.07) is 9.95. The lowest BCUT2D eigenvalue weighted by molar-refractivity contribution is 0.318. The van der Waals surface area contributed by atoms with Gasteiger partial charge in [0.1, 0.15) is 11.3 Å². The second kappa shape index (κ2) is 6.35. The van der Waals surface area contributed by atoms with Crippen LogP contribution >= 0.6 is 0 Å². The number of phenolic OH excluding ortho intramolecular Hbond substituents is 1. The summed E-state index contributed by atoms with van der Waals surface area (Å²) < 4.78 is 24.9. The Hall–Kier alpha value is -2.82. The lowest BCUT2D eigenvalue weighted by atomic mass is 10.0. The van der Waals surface area contributed by atoms with Gasteiger partial charge < -0.3 is 14.6 Å². The maximum absolute atomic E-state index is 14.4. The smallest absolute Gasteiger partial charge is 0.161 e. The molecule has 2 aromatic carbocycles. The third kappa shape index (κ3) is 2.85. The van der Waals surface area contributed by atoms with E-state index in [2.05, 4.69) is 4.98 Å². The summed E-state index contributed by atoms with van der Waals surface area (Å²) in [5, 5.41) is 10.5. The Kier molecular flexibility index (Phi) is 4.25. The number of benzene rings is 2. The van der Waals surface area contributed by atoms with Crippen LogP contribution in [0.5, 0.6) is 17.2 Å². The predicted octanol–water partition coefficient (Wildman–Crippen LogP) is 4.46. The molecule has 0 atom stereocenters. The Morgan fingerprint density at radius 3 is 2.67 bits per heavy atom. The molecule has 5 heteroatoms. The molecular weight excluding hydrogens is 309 g/mol. The zero-order valence-corrected chi connectivity index (χ0v) is 13.8. The Balaban J connectivity index is 2.17. The van der Waals surface area contributed by atoms with Crippen molar-refractivity contribution in [1.29, 1.82) is 0 Å². The topological polar surface area (TPSA) is 51.6 Å². The summed E-state index contributed by atoms with van der Waals surface area (Å²) in [5.74, 6) is 0.470. The van der Waals surface area contributed by atoms with Crippen LogP contribution < -0.4 is 9.47 Å². The highest BCUT2D eigenvalue weighted by atomic mass is 19.1. The van der Waals surface area contributed by atoms with E-state index in [1.807, 2.05) is 19.9 Å². The third-order valence-electron chi connectivity index (χ3n) is 3.84. The summed E-state index contributed by atoms with van der Waals surface area (Å²) in [5.41, 5.74) is 2.54. The van der Waals surface area contributed by atoms with E-state index in [9.17, 15) is 9.50 Å². The van der Waals surface area contributed by atoms with Crippen molar-refractivity contribution in [3.05, 3.63) is 47.8 Å². The lowest BCUT2D eigenvalue weighted by Gasteiger charge is -2.11. The highest BCUT2D eigenvalue weighted by Crippen LogP contribution is 2.33. The van der Waals surface area contributed by atoms with E-state index in [-0.39, 0.29) is 11.3 Å². The van der Waals surface area contributed by atoms with Crippen LogP contribution in [0.3, 0.4) is 0 Å². The molecule has 0 aliphatic carbocycles. The average Bonchev–Trinajstić information content (AvgIpc) is 2.57. The van der Waals surface area contributed by atoms with E-state index in [1.54, 1.807) is 24.3 Å². The fourth-order valence-electron chi connectivity index (χ4n) is 2.63. The van der Waals surface area contributed by atoms with Gasteiger partial charge >= 0.3 is 0 Å². The maximum Gasteiger partial charge on any atom is 0.161 e. The molecule has 0 spiro atoms. The van der Waals surface area contributed by atoms with E-state index in [4.69, 9.17) is 9.47 Å². The van der Waals surface area contributed by atoms with Gasteiger partial charge in [0.05, 0.1) is 19.4 Å². The molecule has 1 N–H and O–H groups in total. The minimum Gasteiger partial charge on any atom is -0.504 e. The van der Waals surface area contributed by atoms with Crippen LogP contribution in [-0.4, -0.2) is 23.8 Å². The van der Waals surface area contributed by atoms with Gasteiger partial charge in [-0.3, -0.25) is 0 Å². The molecule has 3 rings (SSSR count). The zero-order valence-electron chi connectivity index (χ0n) is 13.8. The lowest BCUT2D eigenvalue weighted by Crippen LogP contribution is -1.95. The van der Waals surface area contributed by atoms with E-state index in [0.717, 1.165) is 11.1 Å². The van der Waals surface area contributed by atoms with Crippen LogP contribution in [-0.2, 0) is 0 Å². The van der Waals surface area contributed by atoms with Crippen LogP contribution in [0, 0.1) is 12.7 Å². The van der Waals surface area contributed by atoms with Crippen LogP contribution in [0.25, 0.3) is 22.2 Å². The summed E-state index contributed by atoms with van der Waals surface area (Å²) in [6.07, 6.45) is 0. The first kappa shape index (κ1) is 16.1. The molecule has 0 bridgehead atoms. The second-order valence-electron chi connectivity index (χ2n) is 5.45. The number of hydrogen-bond acceptors (Lipinski definition) is 4. The second-order valence-corrected chi connectivity index (χ2v) is 5.45. The Bertz CT molecular complexity index is 909. The van der Waals surface area contributed by atoms with Crippen LogP contribution in [0.4, 0.5) is 4.39 Å². The first-order valence-electron chi connectivity index (χ1n) is 7.64.